The molecule has 0 bridgehead atoms. The summed E-state index contributed by atoms with van der Waals surface area (Å²) in [6.45, 7) is 0.791. The summed E-state index contributed by atoms with van der Waals surface area (Å²) < 4.78 is 6.44. The molecule has 4 rings (SSSR count). The molecule has 114 valence electrons. The summed E-state index contributed by atoms with van der Waals surface area (Å²) in [5.74, 6) is 0. The number of benzene rings is 2. The Labute approximate surface area is 132 Å². The summed E-state index contributed by atoms with van der Waals surface area (Å²) in [6.07, 6.45) is 6.16. The second kappa shape index (κ2) is 5.77. The largest absolute Gasteiger partial charge is 0.353 e. The van der Waals surface area contributed by atoms with Gasteiger partial charge in [-0.2, -0.15) is 0 Å². The topological polar surface area (TPSA) is 12.5 Å². The molecule has 2 fully saturated rings. The number of ether oxygens (including phenoxy) is 1. The predicted molar refractivity (Wildman–Crippen MR) is 89.9 cm³/mol. The van der Waals surface area contributed by atoms with Gasteiger partial charge in [-0.15, -0.1) is 0 Å². The van der Waals surface area contributed by atoms with E-state index in [0.29, 0.717) is 6.04 Å². The van der Waals surface area contributed by atoms with Crippen LogP contribution in [0, 0.1) is 0 Å². The number of para-hydroxylation sites is 1. The van der Waals surface area contributed by atoms with Gasteiger partial charge in [0.05, 0.1) is 12.6 Å². The van der Waals surface area contributed by atoms with E-state index in [-0.39, 0.29) is 5.72 Å². The molecule has 1 unspecified atom stereocenters. The van der Waals surface area contributed by atoms with Gasteiger partial charge in [-0.05, 0) is 43.4 Å². The van der Waals surface area contributed by atoms with Crippen molar-refractivity contribution in [3.63, 3.8) is 0 Å². The van der Waals surface area contributed by atoms with Crippen LogP contribution in [0.3, 0.4) is 0 Å². The summed E-state index contributed by atoms with van der Waals surface area (Å²) in [7, 11) is 0. The normalized spacial score (nSPS) is 23.8. The van der Waals surface area contributed by atoms with Crippen LogP contribution in [-0.4, -0.2) is 12.3 Å². The van der Waals surface area contributed by atoms with E-state index in [4.69, 9.17) is 4.74 Å². The summed E-state index contributed by atoms with van der Waals surface area (Å²) in [5, 5.41) is 0. The maximum atomic E-state index is 6.44. The Bertz CT molecular complexity index is 604. The van der Waals surface area contributed by atoms with E-state index < -0.39 is 0 Å². The third-order valence-electron chi connectivity index (χ3n) is 5.11. The molecule has 2 aliphatic rings. The van der Waals surface area contributed by atoms with E-state index in [2.05, 4.69) is 65.6 Å². The number of nitrogens with zero attached hydrogens (tertiary/aromatic N) is 1. The van der Waals surface area contributed by atoms with Gasteiger partial charge in [-0.3, -0.25) is 0 Å². The molecule has 1 spiro atoms. The van der Waals surface area contributed by atoms with Crippen molar-refractivity contribution in [3.05, 3.63) is 66.2 Å². The standard InChI is InChI=1S/C20H23NO/c1-4-10-17(11-5-1)19-16-22-20(14-8-3-9-15-20)21(19)18-12-6-2-7-13-18/h1-2,4-7,10-13,19H,3,8-9,14-16H2. The van der Waals surface area contributed by atoms with Gasteiger partial charge in [0.25, 0.3) is 0 Å². The lowest BCUT2D eigenvalue weighted by Gasteiger charge is -2.43. The van der Waals surface area contributed by atoms with Gasteiger partial charge in [-0.1, -0.05) is 55.0 Å². The molecule has 0 aromatic heterocycles. The number of rotatable bonds is 2. The zero-order valence-electron chi connectivity index (χ0n) is 12.9. The van der Waals surface area contributed by atoms with Crippen molar-refractivity contribution in [2.45, 2.75) is 43.9 Å². The lowest BCUT2D eigenvalue weighted by molar-refractivity contribution is -0.0230. The second-order valence-electron chi connectivity index (χ2n) is 6.45. The average Bonchev–Trinajstić information content (AvgIpc) is 2.96. The first-order valence-electron chi connectivity index (χ1n) is 8.42. The minimum absolute atomic E-state index is 0.0971. The van der Waals surface area contributed by atoms with E-state index in [0.717, 1.165) is 19.4 Å². The van der Waals surface area contributed by atoms with Crippen LogP contribution in [0.25, 0.3) is 0 Å². The lowest BCUT2D eigenvalue weighted by atomic mass is 9.89. The molecule has 1 aliphatic heterocycles. The Morgan fingerprint density at radius 1 is 0.818 bits per heavy atom. The number of anilines is 1. The first-order valence-corrected chi connectivity index (χ1v) is 8.42. The van der Waals surface area contributed by atoms with Gasteiger partial charge in [0.15, 0.2) is 0 Å². The Kier molecular flexibility index (Phi) is 3.63. The van der Waals surface area contributed by atoms with Crippen molar-refractivity contribution >= 4 is 5.69 Å². The molecular weight excluding hydrogens is 270 g/mol. The van der Waals surface area contributed by atoms with Gasteiger partial charge in [0.2, 0.25) is 0 Å². The summed E-state index contributed by atoms with van der Waals surface area (Å²) in [5.41, 5.74) is 2.55. The molecule has 1 heterocycles. The lowest BCUT2D eigenvalue weighted by Crippen LogP contribution is -2.47. The minimum atomic E-state index is -0.0971. The highest BCUT2D eigenvalue weighted by atomic mass is 16.5. The molecule has 1 aliphatic carbocycles. The van der Waals surface area contributed by atoms with Crippen molar-refractivity contribution < 1.29 is 4.74 Å². The molecule has 2 nitrogen and oxygen atoms in total. The van der Waals surface area contributed by atoms with Gasteiger partial charge in [-0.25, -0.2) is 0 Å². The monoisotopic (exact) mass is 293 g/mol. The fourth-order valence-electron chi connectivity index (χ4n) is 4.08. The van der Waals surface area contributed by atoms with Crippen LogP contribution in [0.1, 0.15) is 43.7 Å². The Hall–Kier alpha value is -1.80. The van der Waals surface area contributed by atoms with Crippen molar-refractivity contribution in [2.24, 2.45) is 0 Å². The molecule has 2 heteroatoms. The van der Waals surface area contributed by atoms with Gasteiger partial charge in [0, 0.05) is 5.69 Å². The maximum Gasteiger partial charge on any atom is 0.141 e. The maximum absolute atomic E-state index is 6.44. The van der Waals surface area contributed by atoms with E-state index in [1.807, 2.05) is 0 Å². The Morgan fingerprint density at radius 2 is 1.45 bits per heavy atom. The average molecular weight is 293 g/mol. The van der Waals surface area contributed by atoms with Crippen molar-refractivity contribution in [2.75, 3.05) is 11.5 Å². The van der Waals surface area contributed by atoms with E-state index in [9.17, 15) is 0 Å². The predicted octanol–water partition coefficient (Wildman–Crippen LogP) is 4.92. The smallest absolute Gasteiger partial charge is 0.141 e. The van der Waals surface area contributed by atoms with E-state index >= 15 is 0 Å². The summed E-state index contributed by atoms with van der Waals surface area (Å²) >= 11 is 0. The first kappa shape index (κ1) is 13.8. The van der Waals surface area contributed by atoms with Crippen molar-refractivity contribution in [1.29, 1.82) is 0 Å². The summed E-state index contributed by atoms with van der Waals surface area (Å²) in [4.78, 5) is 2.56. The zero-order valence-corrected chi connectivity index (χ0v) is 12.9. The fourth-order valence-corrected chi connectivity index (χ4v) is 4.08. The highest BCUT2D eigenvalue weighted by Crippen LogP contribution is 2.47. The third kappa shape index (κ3) is 2.32. The minimum Gasteiger partial charge on any atom is -0.353 e. The molecule has 2 aromatic rings. The SMILES string of the molecule is c1ccc(C2COC3(CCCCC3)N2c2ccccc2)cc1. The molecule has 1 saturated heterocycles. The van der Waals surface area contributed by atoms with Crippen LogP contribution in [0.2, 0.25) is 0 Å². The Morgan fingerprint density at radius 3 is 2.14 bits per heavy atom. The zero-order chi connectivity index (χ0) is 14.8. The molecule has 1 saturated carbocycles. The summed E-state index contributed by atoms with van der Waals surface area (Å²) in [6, 6.07) is 21.9. The van der Waals surface area contributed by atoms with Crippen molar-refractivity contribution in [1.82, 2.24) is 0 Å². The van der Waals surface area contributed by atoms with Crippen LogP contribution < -0.4 is 4.90 Å². The number of hydrogen-bond donors (Lipinski definition) is 0. The van der Waals surface area contributed by atoms with Crippen LogP contribution in [0.4, 0.5) is 5.69 Å². The molecule has 1 atom stereocenters. The Balaban J connectivity index is 1.76. The fraction of sp³-hybridized carbons (Fsp3) is 0.400. The van der Waals surface area contributed by atoms with E-state index in [1.165, 1.54) is 30.5 Å². The van der Waals surface area contributed by atoms with Crippen LogP contribution >= 0.6 is 0 Å². The molecule has 2 aromatic carbocycles. The molecule has 0 amide bonds. The molecule has 0 N–H and O–H groups in total. The van der Waals surface area contributed by atoms with Crippen LogP contribution in [-0.2, 0) is 4.74 Å². The van der Waals surface area contributed by atoms with Gasteiger partial charge < -0.3 is 9.64 Å². The van der Waals surface area contributed by atoms with Gasteiger partial charge >= 0.3 is 0 Å². The third-order valence-corrected chi connectivity index (χ3v) is 5.11. The van der Waals surface area contributed by atoms with Crippen molar-refractivity contribution in [3.8, 4) is 0 Å². The molecular formula is C20H23NO. The highest BCUT2D eigenvalue weighted by molar-refractivity contribution is 5.52. The highest BCUT2D eigenvalue weighted by Gasteiger charge is 2.48. The molecule has 22 heavy (non-hydrogen) atoms. The van der Waals surface area contributed by atoms with Crippen LogP contribution in [0.5, 0.6) is 0 Å². The number of hydrogen-bond acceptors (Lipinski definition) is 2. The molecule has 0 radical (unpaired) electrons. The second-order valence-corrected chi connectivity index (χ2v) is 6.45. The van der Waals surface area contributed by atoms with Gasteiger partial charge in [0.1, 0.15) is 5.72 Å². The first-order chi connectivity index (χ1) is 10.9. The quantitative estimate of drug-likeness (QED) is 0.779. The van der Waals surface area contributed by atoms with E-state index in [1.54, 1.807) is 0 Å². The van der Waals surface area contributed by atoms with Crippen LogP contribution in [0.15, 0.2) is 60.7 Å².